The number of methoxy groups -OCH3 is 4. The third-order valence-electron chi connectivity index (χ3n) is 7.98. The van der Waals surface area contributed by atoms with E-state index >= 15 is 0 Å². The van der Waals surface area contributed by atoms with Gasteiger partial charge in [-0.25, -0.2) is 9.59 Å². The number of aromatic nitrogens is 1. The van der Waals surface area contributed by atoms with Crippen molar-refractivity contribution in [3.05, 3.63) is 35.0 Å². The number of amides is 3. The molecular weight excluding hydrogens is 628 g/mol. The lowest BCUT2D eigenvalue weighted by Gasteiger charge is -2.33. The van der Waals surface area contributed by atoms with Crippen LogP contribution < -0.4 is 24.0 Å². The molecule has 3 heterocycles. The molecule has 1 aromatic heterocycles. The fourth-order valence-electron chi connectivity index (χ4n) is 5.92. The lowest BCUT2D eigenvalue weighted by Crippen LogP contribution is -2.59. The van der Waals surface area contributed by atoms with Gasteiger partial charge in [0.2, 0.25) is 17.1 Å². The third kappa shape index (κ3) is 4.10. The topological polar surface area (TPSA) is 151 Å². The lowest BCUT2D eigenvalue weighted by molar-refractivity contribution is -0.144. The zero-order valence-electron chi connectivity index (χ0n) is 24.7. The molecule has 228 valence electrons. The first-order valence-electron chi connectivity index (χ1n) is 13.1. The van der Waals surface area contributed by atoms with Gasteiger partial charge in [-0.3, -0.25) is 14.5 Å². The van der Waals surface area contributed by atoms with E-state index in [-0.39, 0.29) is 29.2 Å². The number of phenols is 1. The Hall–Kier alpha value is -4.46. The van der Waals surface area contributed by atoms with E-state index < -0.39 is 40.9 Å². The maximum Gasteiger partial charge on any atom is 0.340 e. The summed E-state index contributed by atoms with van der Waals surface area (Å²) in [7, 11) is 8.50. The predicted molar refractivity (Wildman–Crippen MR) is 161 cm³/mol. The molecule has 3 amide bonds. The van der Waals surface area contributed by atoms with Crippen LogP contribution >= 0.6 is 15.9 Å². The molecule has 0 spiro atoms. The maximum absolute atomic E-state index is 14.1. The van der Waals surface area contributed by atoms with Gasteiger partial charge < -0.3 is 38.8 Å². The number of aromatic hydroxyl groups is 1. The Morgan fingerprint density at radius 1 is 1.09 bits per heavy atom. The molecule has 0 radical (unpaired) electrons. The number of phenolic OH excluding ortho intramolecular Hbond substituents is 1. The number of hydrogen-bond donors (Lipinski definition) is 2. The van der Waals surface area contributed by atoms with Crippen molar-refractivity contribution >= 4 is 61.9 Å². The minimum atomic E-state index is -2.08. The van der Waals surface area contributed by atoms with E-state index in [2.05, 4.69) is 20.9 Å². The molecule has 43 heavy (non-hydrogen) atoms. The second-order valence-electron chi connectivity index (χ2n) is 10.5. The van der Waals surface area contributed by atoms with E-state index in [0.717, 1.165) is 12.0 Å². The number of esters is 1. The summed E-state index contributed by atoms with van der Waals surface area (Å²) >= 11 is 3.50. The van der Waals surface area contributed by atoms with Gasteiger partial charge in [-0.15, -0.1) is 0 Å². The van der Waals surface area contributed by atoms with E-state index in [0.29, 0.717) is 39.0 Å². The monoisotopic (exact) mass is 658 g/mol. The highest BCUT2D eigenvalue weighted by Gasteiger charge is 2.60. The second kappa shape index (κ2) is 10.7. The summed E-state index contributed by atoms with van der Waals surface area (Å²) in [5.41, 5.74) is -0.754. The first-order valence-corrected chi connectivity index (χ1v) is 14.3. The number of H-pyrrole nitrogens is 1. The SMILES string of the molecule is COC(=O)[C@@]1(C)C(=O)c2c3c(cc(O)c2N1C(=O)N(C)C)N(C(=O)c1cc2cc(OC)c(OC)c(OC)c2[nH]1)C[C@H]3CBr. The number of alkyl halides is 1. The summed E-state index contributed by atoms with van der Waals surface area (Å²) in [6, 6.07) is 4.00. The molecule has 0 aliphatic carbocycles. The molecule has 13 nitrogen and oxygen atoms in total. The summed E-state index contributed by atoms with van der Waals surface area (Å²) in [5.74, 6) is -1.84. The number of halogens is 1. The summed E-state index contributed by atoms with van der Waals surface area (Å²) in [6.07, 6.45) is 0. The summed E-state index contributed by atoms with van der Waals surface area (Å²) < 4.78 is 21.4. The van der Waals surface area contributed by atoms with Crippen molar-refractivity contribution < 1.29 is 43.2 Å². The van der Waals surface area contributed by atoms with Gasteiger partial charge in [0.05, 0.1) is 45.2 Å². The molecule has 0 fully saturated rings. The number of urea groups is 1. The molecule has 0 saturated heterocycles. The molecule has 3 aromatic rings. The summed E-state index contributed by atoms with van der Waals surface area (Å²) in [5, 5.41) is 12.3. The number of Topliss-reactive ketones (excluding diaryl/α,β-unsaturated/α-hetero) is 1. The number of ether oxygens (including phenoxy) is 4. The standard InChI is InChI=1S/C29H31BrN4O9/c1-29(27(38)43-7)25(36)20-19-14(11-30)12-33(16(19)10-17(35)22(20)34(29)28(39)32(2)3)26(37)15-8-13-9-18(40-4)23(41-5)24(42-6)21(13)31-15/h8-10,14,31,35H,11-12H2,1-7H3/t14-,29-/m1/s1. The molecule has 0 unspecified atom stereocenters. The zero-order valence-corrected chi connectivity index (χ0v) is 26.2. The Balaban J connectivity index is 1.69. The molecule has 0 saturated carbocycles. The number of nitrogens with zero attached hydrogens (tertiary/aromatic N) is 3. The molecule has 2 atom stereocenters. The summed E-state index contributed by atoms with van der Waals surface area (Å²) in [4.78, 5) is 61.3. The number of hydrogen-bond acceptors (Lipinski definition) is 9. The minimum absolute atomic E-state index is 0.00867. The van der Waals surface area contributed by atoms with Crippen molar-refractivity contribution in [1.82, 2.24) is 9.88 Å². The average Bonchev–Trinajstić information content (AvgIpc) is 3.66. The number of rotatable bonds is 6. The Morgan fingerprint density at radius 3 is 2.33 bits per heavy atom. The van der Waals surface area contributed by atoms with Crippen molar-refractivity contribution in [3.8, 4) is 23.0 Å². The van der Waals surface area contributed by atoms with Crippen LogP contribution in [-0.2, 0) is 9.53 Å². The highest BCUT2D eigenvalue weighted by molar-refractivity contribution is 9.09. The molecule has 5 rings (SSSR count). The van der Waals surface area contributed by atoms with Gasteiger partial charge in [-0.1, -0.05) is 15.9 Å². The number of nitrogens with one attached hydrogen (secondary N) is 1. The van der Waals surface area contributed by atoms with Crippen LogP contribution in [0.1, 0.15) is 39.3 Å². The molecule has 2 aromatic carbocycles. The fourth-order valence-corrected chi connectivity index (χ4v) is 6.45. The largest absolute Gasteiger partial charge is 0.506 e. The Bertz CT molecular complexity index is 1700. The number of aromatic amines is 1. The molecule has 2 aliphatic rings. The van der Waals surface area contributed by atoms with Gasteiger partial charge in [-0.2, -0.15) is 0 Å². The molecular formula is C29H31BrN4O9. The summed E-state index contributed by atoms with van der Waals surface area (Å²) in [6.45, 7) is 1.44. The van der Waals surface area contributed by atoms with Crippen LogP contribution in [0.2, 0.25) is 0 Å². The minimum Gasteiger partial charge on any atom is -0.506 e. The zero-order chi connectivity index (χ0) is 31.5. The number of carbonyl (C=O) groups excluding carboxylic acids is 4. The highest BCUT2D eigenvalue weighted by atomic mass is 79.9. The Labute approximate surface area is 255 Å². The third-order valence-corrected chi connectivity index (χ3v) is 8.76. The van der Waals surface area contributed by atoms with Crippen LogP contribution in [0.5, 0.6) is 23.0 Å². The number of fused-ring (bicyclic) bond motifs is 4. The number of benzene rings is 2. The van der Waals surface area contributed by atoms with E-state index in [9.17, 15) is 24.3 Å². The van der Waals surface area contributed by atoms with Gasteiger partial charge in [0.15, 0.2) is 11.5 Å². The number of anilines is 2. The van der Waals surface area contributed by atoms with Gasteiger partial charge in [-0.05, 0) is 24.6 Å². The fraction of sp³-hybridized carbons (Fsp3) is 0.379. The van der Waals surface area contributed by atoms with Gasteiger partial charge >= 0.3 is 12.0 Å². The van der Waals surface area contributed by atoms with E-state index in [4.69, 9.17) is 18.9 Å². The molecule has 0 bridgehead atoms. The van der Waals surface area contributed by atoms with E-state index in [1.54, 1.807) is 12.1 Å². The second-order valence-corrected chi connectivity index (χ2v) is 11.2. The first-order chi connectivity index (χ1) is 20.4. The molecule has 14 heteroatoms. The van der Waals surface area contributed by atoms with Crippen molar-refractivity contribution in [3.63, 3.8) is 0 Å². The van der Waals surface area contributed by atoms with Crippen molar-refractivity contribution in [1.29, 1.82) is 0 Å². The molecule has 2 N–H and O–H groups in total. The van der Waals surface area contributed by atoms with Gasteiger partial charge in [0.1, 0.15) is 17.1 Å². The Morgan fingerprint density at radius 2 is 1.77 bits per heavy atom. The van der Waals surface area contributed by atoms with Crippen LogP contribution in [0.4, 0.5) is 16.2 Å². The average molecular weight is 659 g/mol. The molecule has 2 aliphatic heterocycles. The normalized spacial score (nSPS) is 18.9. The van der Waals surface area contributed by atoms with Gasteiger partial charge in [0.25, 0.3) is 5.91 Å². The lowest BCUT2D eigenvalue weighted by atomic mass is 9.89. The number of carbonyl (C=O) groups is 4. The quantitative estimate of drug-likeness (QED) is 0.230. The maximum atomic E-state index is 14.1. The van der Waals surface area contributed by atoms with Crippen molar-refractivity contribution in [2.45, 2.75) is 18.4 Å². The van der Waals surface area contributed by atoms with E-state index in [1.165, 1.54) is 58.2 Å². The Kier molecular flexibility index (Phi) is 7.45. The smallest absolute Gasteiger partial charge is 0.340 e. The van der Waals surface area contributed by atoms with Crippen LogP contribution in [0, 0.1) is 0 Å². The highest BCUT2D eigenvalue weighted by Crippen LogP contribution is 2.54. The number of ketones is 1. The predicted octanol–water partition coefficient (Wildman–Crippen LogP) is 3.65. The van der Waals surface area contributed by atoms with E-state index in [1.807, 2.05) is 0 Å². The van der Waals surface area contributed by atoms with Crippen LogP contribution in [0.15, 0.2) is 18.2 Å². The van der Waals surface area contributed by atoms with Gasteiger partial charge in [0, 0.05) is 43.3 Å². The van der Waals surface area contributed by atoms with Crippen molar-refractivity contribution in [2.75, 3.05) is 64.2 Å². The van der Waals surface area contributed by atoms with Crippen LogP contribution in [0.25, 0.3) is 10.9 Å². The first kappa shape index (κ1) is 30.0. The van der Waals surface area contributed by atoms with Crippen LogP contribution in [0.3, 0.4) is 0 Å². The van der Waals surface area contributed by atoms with Crippen molar-refractivity contribution in [2.24, 2.45) is 0 Å². The van der Waals surface area contributed by atoms with Crippen LogP contribution in [-0.4, -0.2) is 98.6 Å².